The van der Waals surface area contributed by atoms with E-state index in [1.54, 1.807) is 20.0 Å². The van der Waals surface area contributed by atoms with Crippen molar-refractivity contribution in [3.63, 3.8) is 0 Å². The lowest BCUT2D eigenvalue weighted by atomic mass is 9.99. The molecule has 0 saturated carbocycles. The summed E-state index contributed by atoms with van der Waals surface area (Å²) in [6, 6.07) is 12.0. The number of pyridine rings is 1. The number of carbonyl (C=O) groups is 1. The highest BCUT2D eigenvalue weighted by molar-refractivity contribution is 6.69. The number of benzene rings is 1. The van der Waals surface area contributed by atoms with E-state index in [1.165, 1.54) is 4.57 Å². The maximum absolute atomic E-state index is 12.7. The highest BCUT2D eigenvalue weighted by Gasteiger charge is 2.23. The lowest BCUT2D eigenvalue weighted by Crippen LogP contribution is -2.30. The molecular formula is C21H29NO4Si. The molecule has 1 unspecified atom stereocenters. The van der Waals surface area contributed by atoms with Crippen LogP contribution in [0.2, 0.25) is 19.6 Å². The first-order valence-electron chi connectivity index (χ1n) is 9.28. The highest BCUT2D eigenvalue weighted by atomic mass is 28.4. The summed E-state index contributed by atoms with van der Waals surface area (Å²) in [6.45, 7) is 10.3. The van der Waals surface area contributed by atoms with Gasteiger partial charge in [0.25, 0.3) is 5.56 Å². The van der Waals surface area contributed by atoms with Gasteiger partial charge in [0.1, 0.15) is 6.54 Å². The van der Waals surface area contributed by atoms with Crippen LogP contribution >= 0.6 is 0 Å². The maximum Gasteiger partial charge on any atom is 0.326 e. The van der Waals surface area contributed by atoms with E-state index < -0.39 is 14.3 Å². The molecule has 0 aliphatic carbocycles. The summed E-state index contributed by atoms with van der Waals surface area (Å²) in [5.74, 6) is -0.407. The Kier molecular flexibility index (Phi) is 7.16. The number of nitrogens with zero attached hydrogens (tertiary/aromatic N) is 1. The second-order valence-corrected chi connectivity index (χ2v) is 12.0. The van der Waals surface area contributed by atoms with E-state index in [0.717, 1.165) is 11.1 Å². The van der Waals surface area contributed by atoms with Crippen molar-refractivity contribution in [2.75, 3.05) is 6.61 Å². The van der Waals surface area contributed by atoms with Crippen LogP contribution in [0, 0.1) is 6.92 Å². The fraction of sp³-hybridized carbons (Fsp3) is 0.429. The third-order valence-corrected chi connectivity index (χ3v) is 5.19. The molecule has 0 spiro atoms. The minimum absolute atomic E-state index is 0.0681. The summed E-state index contributed by atoms with van der Waals surface area (Å²) < 4.78 is 12.7. The molecule has 6 heteroatoms. The Morgan fingerprint density at radius 2 is 1.81 bits per heavy atom. The Balaban J connectivity index is 2.29. The van der Waals surface area contributed by atoms with Gasteiger partial charge in [-0.25, -0.2) is 0 Å². The molecule has 1 heterocycles. The molecule has 2 aromatic rings. The quantitative estimate of drug-likeness (QED) is 0.510. The smallest absolute Gasteiger partial charge is 0.326 e. The van der Waals surface area contributed by atoms with Gasteiger partial charge in [0.15, 0.2) is 8.32 Å². The van der Waals surface area contributed by atoms with Gasteiger partial charge in [-0.1, -0.05) is 30.3 Å². The topological polar surface area (TPSA) is 57.5 Å². The molecule has 0 fully saturated rings. The lowest BCUT2D eigenvalue weighted by molar-refractivity contribution is -0.143. The van der Waals surface area contributed by atoms with E-state index in [0.29, 0.717) is 18.6 Å². The van der Waals surface area contributed by atoms with Crippen LogP contribution in [0.4, 0.5) is 0 Å². The fourth-order valence-electron chi connectivity index (χ4n) is 2.94. The zero-order valence-corrected chi connectivity index (χ0v) is 17.8. The third-order valence-electron chi connectivity index (χ3n) is 4.20. The maximum atomic E-state index is 12.7. The normalized spacial score (nSPS) is 12.6. The SMILES string of the molecule is CCOC(=O)Cn1ccc(CC(O[Si](C)(C)C)c2ccccc2)c(C)c1=O. The molecule has 0 saturated heterocycles. The number of hydrogen-bond acceptors (Lipinski definition) is 4. The van der Waals surface area contributed by atoms with Crippen LogP contribution in [0.5, 0.6) is 0 Å². The minimum Gasteiger partial charge on any atom is -0.465 e. The fourth-order valence-corrected chi connectivity index (χ4v) is 4.01. The predicted molar refractivity (Wildman–Crippen MR) is 109 cm³/mol. The molecular weight excluding hydrogens is 358 g/mol. The van der Waals surface area contributed by atoms with Crippen molar-refractivity contribution in [1.82, 2.24) is 4.57 Å². The first-order chi connectivity index (χ1) is 12.7. The molecule has 1 aromatic carbocycles. The van der Waals surface area contributed by atoms with E-state index >= 15 is 0 Å². The van der Waals surface area contributed by atoms with Crippen LogP contribution in [0.1, 0.15) is 29.7 Å². The van der Waals surface area contributed by atoms with Crippen molar-refractivity contribution in [2.45, 2.75) is 52.6 Å². The average molecular weight is 388 g/mol. The molecule has 2 rings (SSSR count). The van der Waals surface area contributed by atoms with Crippen molar-refractivity contribution in [2.24, 2.45) is 0 Å². The third kappa shape index (κ3) is 6.18. The van der Waals surface area contributed by atoms with Gasteiger partial charge >= 0.3 is 5.97 Å². The van der Waals surface area contributed by atoms with Crippen molar-refractivity contribution in [3.8, 4) is 0 Å². The highest BCUT2D eigenvalue weighted by Crippen LogP contribution is 2.26. The van der Waals surface area contributed by atoms with Gasteiger partial charge in [0.05, 0.1) is 12.7 Å². The molecule has 1 atom stereocenters. The van der Waals surface area contributed by atoms with Gasteiger partial charge in [0, 0.05) is 18.2 Å². The van der Waals surface area contributed by atoms with E-state index in [9.17, 15) is 9.59 Å². The summed E-state index contributed by atoms with van der Waals surface area (Å²) >= 11 is 0. The van der Waals surface area contributed by atoms with E-state index in [4.69, 9.17) is 9.16 Å². The van der Waals surface area contributed by atoms with Crippen molar-refractivity contribution >= 4 is 14.3 Å². The van der Waals surface area contributed by atoms with Gasteiger partial charge in [0.2, 0.25) is 0 Å². The molecule has 0 aliphatic rings. The van der Waals surface area contributed by atoms with Crippen molar-refractivity contribution < 1.29 is 14.0 Å². The molecule has 0 radical (unpaired) electrons. The molecule has 0 N–H and O–H groups in total. The number of carbonyl (C=O) groups excluding carboxylic acids is 1. The molecule has 27 heavy (non-hydrogen) atoms. The largest absolute Gasteiger partial charge is 0.465 e. The van der Waals surface area contributed by atoms with Crippen molar-refractivity contribution in [3.05, 3.63) is 69.6 Å². The molecule has 5 nitrogen and oxygen atoms in total. The van der Waals surface area contributed by atoms with Gasteiger partial charge in [-0.05, 0) is 50.7 Å². The summed E-state index contributed by atoms with van der Waals surface area (Å²) in [4.78, 5) is 24.3. The number of aromatic nitrogens is 1. The summed E-state index contributed by atoms with van der Waals surface area (Å²) in [5.41, 5.74) is 2.52. The lowest BCUT2D eigenvalue weighted by Gasteiger charge is -2.27. The van der Waals surface area contributed by atoms with E-state index in [-0.39, 0.29) is 18.2 Å². The molecule has 0 aliphatic heterocycles. The summed E-state index contributed by atoms with van der Waals surface area (Å²) in [7, 11) is -1.77. The number of esters is 1. The number of hydrogen-bond donors (Lipinski definition) is 0. The van der Waals surface area contributed by atoms with Gasteiger partial charge in [-0.3, -0.25) is 9.59 Å². The van der Waals surface area contributed by atoms with Crippen LogP contribution in [0.15, 0.2) is 47.4 Å². The van der Waals surface area contributed by atoms with Crippen LogP contribution in [0.25, 0.3) is 0 Å². The van der Waals surface area contributed by atoms with E-state index in [2.05, 4.69) is 31.8 Å². The van der Waals surface area contributed by atoms with Crippen LogP contribution < -0.4 is 5.56 Å². The molecule has 0 bridgehead atoms. The number of rotatable bonds is 8. The van der Waals surface area contributed by atoms with Crippen LogP contribution in [0.3, 0.4) is 0 Å². The Labute approximate surface area is 162 Å². The Morgan fingerprint density at radius 3 is 2.41 bits per heavy atom. The molecule has 146 valence electrons. The zero-order valence-electron chi connectivity index (χ0n) is 16.8. The average Bonchev–Trinajstić information content (AvgIpc) is 2.60. The standard InChI is InChI=1S/C21H29NO4Si/c1-6-25-20(23)15-22-13-12-18(16(2)21(22)24)14-19(26-27(3,4)5)17-10-8-7-9-11-17/h7-13,19H,6,14-15H2,1-5H3. The van der Waals surface area contributed by atoms with Crippen molar-refractivity contribution in [1.29, 1.82) is 0 Å². The summed E-state index contributed by atoms with van der Waals surface area (Å²) in [5, 5.41) is 0. The Morgan fingerprint density at radius 1 is 1.15 bits per heavy atom. The predicted octanol–water partition coefficient (Wildman–Crippen LogP) is 3.86. The van der Waals surface area contributed by atoms with Gasteiger partial charge in [-0.2, -0.15) is 0 Å². The molecule has 1 aromatic heterocycles. The van der Waals surface area contributed by atoms with E-state index in [1.807, 2.05) is 24.3 Å². The zero-order chi connectivity index (χ0) is 20.0. The number of ether oxygens (including phenoxy) is 1. The first kappa shape index (κ1) is 21.1. The summed E-state index contributed by atoms with van der Waals surface area (Å²) in [6.07, 6.45) is 2.19. The van der Waals surface area contributed by atoms with Crippen LogP contribution in [-0.2, 0) is 26.9 Å². The molecule has 0 amide bonds. The minimum atomic E-state index is -1.77. The first-order valence-corrected chi connectivity index (χ1v) is 12.7. The Bertz CT molecular complexity index is 824. The van der Waals surface area contributed by atoms with Gasteiger partial charge < -0.3 is 13.7 Å². The second kappa shape index (κ2) is 9.15. The van der Waals surface area contributed by atoms with Gasteiger partial charge in [-0.15, -0.1) is 0 Å². The second-order valence-electron chi connectivity index (χ2n) is 7.54. The Hall–Kier alpha value is -2.18. The monoisotopic (exact) mass is 387 g/mol. The van der Waals surface area contributed by atoms with Crippen LogP contribution in [-0.4, -0.2) is 25.5 Å².